The van der Waals surface area contributed by atoms with Crippen LogP contribution in [0, 0.1) is 0 Å². The molecular formula is C19H19NO3S. The van der Waals surface area contributed by atoms with Crippen LogP contribution in [0.5, 0.6) is 0 Å². The van der Waals surface area contributed by atoms with E-state index in [0.29, 0.717) is 0 Å². The molecule has 124 valence electrons. The summed E-state index contributed by atoms with van der Waals surface area (Å²) in [4.78, 5) is 26.4. The van der Waals surface area contributed by atoms with Gasteiger partial charge in [-0.2, -0.15) is 11.3 Å². The smallest absolute Gasteiger partial charge is 0.331 e. The second-order valence-corrected chi connectivity index (χ2v) is 6.64. The lowest BCUT2D eigenvalue weighted by atomic mass is 10.1. The van der Waals surface area contributed by atoms with E-state index in [-0.39, 0.29) is 11.9 Å². The van der Waals surface area contributed by atoms with E-state index < -0.39 is 12.1 Å². The van der Waals surface area contributed by atoms with Gasteiger partial charge in [-0.15, -0.1) is 0 Å². The zero-order chi connectivity index (χ0) is 17.1. The van der Waals surface area contributed by atoms with Crippen molar-refractivity contribution in [2.75, 3.05) is 4.90 Å². The van der Waals surface area contributed by atoms with Crippen LogP contribution >= 0.6 is 11.3 Å². The highest BCUT2D eigenvalue weighted by Gasteiger charge is 2.34. The zero-order valence-corrected chi connectivity index (χ0v) is 14.5. The summed E-state index contributed by atoms with van der Waals surface area (Å²) in [6, 6.07) is 9.82. The quantitative estimate of drug-likeness (QED) is 0.630. The van der Waals surface area contributed by atoms with Gasteiger partial charge in [-0.25, -0.2) is 4.79 Å². The molecule has 0 unspecified atom stereocenters. The number of carbonyl (C=O) groups is 2. The van der Waals surface area contributed by atoms with Gasteiger partial charge >= 0.3 is 5.97 Å². The van der Waals surface area contributed by atoms with Crippen LogP contribution in [-0.4, -0.2) is 24.0 Å². The first-order valence-corrected chi connectivity index (χ1v) is 8.82. The number of thiophene rings is 1. The molecule has 24 heavy (non-hydrogen) atoms. The summed E-state index contributed by atoms with van der Waals surface area (Å²) in [6.07, 6.45) is 3.04. The molecule has 0 saturated heterocycles. The van der Waals surface area contributed by atoms with Gasteiger partial charge in [0.2, 0.25) is 0 Å². The molecule has 2 heterocycles. The minimum Gasteiger partial charge on any atom is -0.449 e. The first-order chi connectivity index (χ1) is 11.6. The van der Waals surface area contributed by atoms with Crippen molar-refractivity contribution in [1.82, 2.24) is 0 Å². The summed E-state index contributed by atoms with van der Waals surface area (Å²) >= 11 is 1.56. The van der Waals surface area contributed by atoms with Crippen molar-refractivity contribution in [3.8, 4) is 0 Å². The Kier molecular flexibility index (Phi) is 4.81. The molecule has 1 aromatic heterocycles. The Balaban J connectivity index is 1.66. The van der Waals surface area contributed by atoms with E-state index >= 15 is 0 Å². The molecule has 0 bridgehead atoms. The minimum atomic E-state index is -0.821. The second kappa shape index (κ2) is 7.01. The first-order valence-electron chi connectivity index (χ1n) is 7.88. The number of hydrogen-bond acceptors (Lipinski definition) is 4. The number of para-hydroxylation sites is 1. The molecule has 1 aliphatic rings. The average Bonchev–Trinajstić information content (AvgIpc) is 3.18. The van der Waals surface area contributed by atoms with E-state index in [1.807, 2.05) is 48.0 Å². The van der Waals surface area contributed by atoms with E-state index in [9.17, 15) is 9.59 Å². The molecule has 2 atom stereocenters. The molecule has 1 amide bonds. The highest BCUT2D eigenvalue weighted by atomic mass is 32.1. The molecule has 0 aliphatic carbocycles. The SMILES string of the molecule is C[C@H](OC(=O)/C=C/c1ccsc1)C(=O)N1c2ccccc2C[C@@H]1C. The van der Waals surface area contributed by atoms with Crippen LogP contribution in [0.15, 0.2) is 47.2 Å². The van der Waals surface area contributed by atoms with Crippen LogP contribution in [0.3, 0.4) is 0 Å². The third-order valence-corrected chi connectivity index (χ3v) is 4.74. The lowest BCUT2D eigenvalue weighted by molar-refractivity contribution is -0.149. The Morgan fingerprint density at radius 1 is 1.33 bits per heavy atom. The van der Waals surface area contributed by atoms with Crippen molar-refractivity contribution in [3.63, 3.8) is 0 Å². The zero-order valence-electron chi connectivity index (χ0n) is 13.6. The van der Waals surface area contributed by atoms with E-state index in [0.717, 1.165) is 23.2 Å². The maximum atomic E-state index is 12.7. The van der Waals surface area contributed by atoms with Crippen LogP contribution in [0.25, 0.3) is 6.08 Å². The number of fused-ring (bicyclic) bond motifs is 1. The van der Waals surface area contributed by atoms with Crippen molar-refractivity contribution < 1.29 is 14.3 Å². The second-order valence-electron chi connectivity index (χ2n) is 5.86. The molecule has 0 spiro atoms. The summed E-state index contributed by atoms with van der Waals surface area (Å²) in [5.74, 6) is -0.702. The third kappa shape index (κ3) is 3.41. The summed E-state index contributed by atoms with van der Waals surface area (Å²) in [5, 5.41) is 3.87. The molecule has 4 nitrogen and oxygen atoms in total. The maximum Gasteiger partial charge on any atom is 0.331 e. The van der Waals surface area contributed by atoms with Crippen molar-refractivity contribution >= 4 is 35.0 Å². The Bertz CT molecular complexity index is 767. The number of hydrogen-bond donors (Lipinski definition) is 0. The van der Waals surface area contributed by atoms with Crippen LogP contribution < -0.4 is 4.90 Å². The highest BCUT2D eigenvalue weighted by molar-refractivity contribution is 7.08. The average molecular weight is 341 g/mol. The van der Waals surface area contributed by atoms with E-state index in [2.05, 4.69) is 0 Å². The molecule has 2 aromatic rings. The van der Waals surface area contributed by atoms with Crippen LogP contribution in [-0.2, 0) is 20.7 Å². The Labute approximate surface area is 145 Å². The number of amides is 1. The molecule has 1 aromatic carbocycles. The lowest BCUT2D eigenvalue weighted by Gasteiger charge is -2.25. The van der Waals surface area contributed by atoms with Crippen LogP contribution in [0.2, 0.25) is 0 Å². The van der Waals surface area contributed by atoms with Gasteiger partial charge in [-0.1, -0.05) is 18.2 Å². The number of anilines is 1. The number of rotatable bonds is 4. The standard InChI is InChI=1S/C19H19NO3S/c1-13-11-16-5-3-4-6-17(16)20(13)19(22)14(2)23-18(21)8-7-15-9-10-24-12-15/h3-10,12-14H,11H2,1-2H3/b8-7+/t13-,14-/m0/s1. The molecule has 0 fully saturated rings. The fraction of sp³-hybridized carbons (Fsp3) is 0.263. The van der Waals surface area contributed by atoms with Gasteiger partial charge < -0.3 is 9.64 Å². The van der Waals surface area contributed by atoms with Crippen molar-refractivity contribution in [2.24, 2.45) is 0 Å². The topological polar surface area (TPSA) is 46.6 Å². The fourth-order valence-electron chi connectivity index (χ4n) is 2.90. The number of benzene rings is 1. The van der Waals surface area contributed by atoms with Gasteiger partial charge in [-0.05, 0) is 60.4 Å². The summed E-state index contributed by atoms with van der Waals surface area (Å²) in [5.41, 5.74) is 3.00. The van der Waals surface area contributed by atoms with Gasteiger partial charge in [0.15, 0.2) is 6.10 Å². The van der Waals surface area contributed by atoms with E-state index in [1.54, 1.807) is 29.2 Å². The Hall–Kier alpha value is -2.40. The maximum absolute atomic E-state index is 12.7. The molecule has 1 aliphatic heterocycles. The van der Waals surface area contributed by atoms with E-state index in [4.69, 9.17) is 4.74 Å². The van der Waals surface area contributed by atoms with Gasteiger partial charge in [-0.3, -0.25) is 4.79 Å². The highest BCUT2D eigenvalue weighted by Crippen LogP contribution is 2.32. The van der Waals surface area contributed by atoms with Gasteiger partial charge in [0.05, 0.1) is 0 Å². The molecule has 0 radical (unpaired) electrons. The van der Waals surface area contributed by atoms with Crippen molar-refractivity contribution in [2.45, 2.75) is 32.4 Å². The van der Waals surface area contributed by atoms with Gasteiger partial charge in [0, 0.05) is 17.8 Å². The Morgan fingerprint density at radius 3 is 2.88 bits per heavy atom. The molecule has 0 N–H and O–H groups in total. The predicted octanol–water partition coefficient (Wildman–Crippen LogP) is 3.67. The molecule has 5 heteroatoms. The molecule has 3 rings (SSSR count). The van der Waals surface area contributed by atoms with Crippen LogP contribution in [0.4, 0.5) is 5.69 Å². The van der Waals surface area contributed by atoms with E-state index in [1.165, 1.54) is 6.08 Å². The fourth-order valence-corrected chi connectivity index (χ4v) is 3.52. The number of nitrogens with zero attached hydrogens (tertiary/aromatic N) is 1. The number of ether oxygens (including phenoxy) is 1. The number of esters is 1. The number of carbonyl (C=O) groups excluding carboxylic acids is 2. The predicted molar refractivity (Wildman–Crippen MR) is 96.0 cm³/mol. The normalized spacial score (nSPS) is 17.8. The lowest BCUT2D eigenvalue weighted by Crippen LogP contribution is -2.43. The van der Waals surface area contributed by atoms with Gasteiger partial charge in [0.1, 0.15) is 0 Å². The largest absolute Gasteiger partial charge is 0.449 e. The minimum absolute atomic E-state index is 0.0670. The van der Waals surface area contributed by atoms with Gasteiger partial charge in [0.25, 0.3) is 5.91 Å². The summed E-state index contributed by atoms with van der Waals surface area (Å²) < 4.78 is 5.27. The van der Waals surface area contributed by atoms with Crippen molar-refractivity contribution in [1.29, 1.82) is 0 Å². The monoisotopic (exact) mass is 341 g/mol. The summed E-state index contributed by atoms with van der Waals surface area (Å²) in [6.45, 7) is 3.62. The Morgan fingerprint density at radius 2 is 2.12 bits per heavy atom. The summed E-state index contributed by atoms with van der Waals surface area (Å²) in [7, 11) is 0. The third-order valence-electron chi connectivity index (χ3n) is 4.04. The van der Waals surface area contributed by atoms with Crippen LogP contribution in [0.1, 0.15) is 25.0 Å². The van der Waals surface area contributed by atoms with Crippen molar-refractivity contribution in [3.05, 3.63) is 58.3 Å². The molecule has 0 saturated carbocycles. The molecular weight excluding hydrogens is 322 g/mol. The first kappa shape index (κ1) is 16.5.